The van der Waals surface area contributed by atoms with Crippen LogP contribution in [0.5, 0.6) is 0 Å². The molecule has 2 rings (SSSR count). The fourth-order valence-electron chi connectivity index (χ4n) is 2.64. The number of nitrogens with one attached hydrogen (secondary N) is 1. The van der Waals surface area contributed by atoms with Crippen LogP contribution < -0.4 is 11.1 Å². The summed E-state index contributed by atoms with van der Waals surface area (Å²) >= 11 is 0. The molecule has 3 nitrogen and oxygen atoms in total. The predicted molar refractivity (Wildman–Crippen MR) is 73.1 cm³/mol. The molecule has 0 bridgehead atoms. The van der Waals surface area contributed by atoms with Gasteiger partial charge in [-0.05, 0) is 42.4 Å². The molecule has 0 aliphatic heterocycles. The third kappa shape index (κ3) is 3.32. The summed E-state index contributed by atoms with van der Waals surface area (Å²) in [6.45, 7) is 3.95. The fourth-order valence-corrected chi connectivity index (χ4v) is 2.64. The maximum Gasteiger partial charge on any atom is 0.234 e. The van der Waals surface area contributed by atoms with Crippen molar-refractivity contribution in [2.45, 2.75) is 44.7 Å². The molecule has 19 heavy (non-hydrogen) atoms. The molecular formula is C15H21FN2O. The van der Waals surface area contributed by atoms with Gasteiger partial charge in [-0.25, -0.2) is 4.39 Å². The van der Waals surface area contributed by atoms with Crippen molar-refractivity contribution in [2.24, 2.45) is 11.7 Å². The molecule has 1 aliphatic rings. The first kappa shape index (κ1) is 14.0. The number of amides is 1. The lowest BCUT2D eigenvalue weighted by Gasteiger charge is -2.39. The predicted octanol–water partition coefficient (Wildman–Crippen LogP) is 2.17. The van der Waals surface area contributed by atoms with E-state index < -0.39 is 0 Å². The Balaban J connectivity index is 1.88. The molecule has 1 fully saturated rings. The van der Waals surface area contributed by atoms with Crippen molar-refractivity contribution >= 4 is 5.91 Å². The molecule has 0 spiro atoms. The number of hydrogen-bond acceptors (Lipinski definition) is 2. The van der Waals surface area contributed by atoms with E-state index in [0.29, 0.717) is 12.0 Å². The Hall–Kier alpha value is -1.42. The molecule has 104 valence electrons. The number of carbonyl (C=O) groups excluding carboxylic acids is 1. The van der Waals surface area contributed by atoms with Crippen LogP contribution in [0.25, 0.3) is 0 Å². The van der Waals surface area contributed by atoms with Crippen LogP contribution in [0.4, 0.5) is 4.39 Å². The molecule has 1 unspecified atom stereocenters. The van der Waals surface area contributed by atoms with Crippen LogP contribution in [-0.4, -0.2) is 18.0 Å². The standard InChI is InChI=1S/C15H21FN2O/c1-9(2)14(15(17)19)18-13-7-11(8-13)10-4-3-5-12(16)6-10/h3-6,9,11,13-14,18H,7-8H2,1-2H3,(H2,17,19). The zero-order chi connectivity index (χ0) is 14.0. The van der Waals surface area contributed by atoms with Crippen molar-refractivity contribution in [3.63, 3.8) is 0 Å². The second-order valence-corrected chi connectivity index (χ2v) is 5.71. The number of rotatable bonds is 5. The molecule has 1 aromatic carbocycles. The Morgan fingerprint density at radius 1 is 1.42 bits per heavy atom. The molecule has 0 aromatic heterocycles. The quantitative estimate of drug-likeness (QED) is 0.856. The summed E-state index contributed by atoms with van der Waals surface area (Å²) in [5.74, 6) is 0.0786. The highest BCUT2D eigenvalue weighted by Crippen LogP contribution is 2.37. The average molecular weight is 264 g/mol. The molecule has 1 atom stereocenters. The Morgan fingerprint density at radius 2 is 2.11 bits per heavy atom. The third-order valence-electron chi connectivity index (χ3n) is 3.85. The maximum atomic E-state index is 13.1. The highest BCUT2D eigenvalue weighted by atomic mass is 19.1. The highest BCUT2D eigenvalue weighted by molar-refractivity contribution is 5.80. The van der Waals surface area contributed by atoms with E-state index in [4.69, 9.17) is 5.73 Å². The van der Waals surface area contributed by atoms with Crippen molar-refractivity contribution in [1.82, 2.24) is 5.32 Å². The third-order valence-corrected chi connectivity index (χ3v) is 3.85. The summed E-state index contributed by atoms with van der Waals surface area (Å²) in [6, 6.07) is 6.77. The van der Waals surface area contributed by atoms with Crippen LogP contribution >= 0.6 is 0 Å². The van der Waals surface area contributed by atoms with Gasteiger partial charge in [0.25, 0.3) is 0 Å². The minimum Gasteiger partial charge on any atom is -0.368 e. The van der Waals surface area contributed by atoms with Gasteiger partial charge in [0.15, 0.2) is 0 Å². The minimum absolute atomic E-state index is 0.186. The minimum atomic E-state index is -0.302. The van der Waals surface area contributed by atoms with Gasteiger partial charge in [0.1, 0.15) is 5.82 Å². The first-order valence-electron chi connectivity index (χ1n) is 6.78. The van der Waals surface area contributed by atoms with Crippen molar-refractivity contribution < 1.29 is 9.18 Å². The highest BCUT2D eigenvalue weighted by Gasteiger charge is 2.33. The zero-order valence-corrected chi connectivity index (χ0v) is 11.4. The average Bonchev–Trinajstić information content (AvgIpc) is 2.26. The van der Waals surface area contributed by atoms with Gasteiger partial charge in [0.05, 0.1) is 6.04 Å². The van der Waals surface area contributed by atoms with Crippen LogP contribution in [0.1, 0.15) is 38.2 Å². The number of hydrogen-bond donors (Lipinski definition) is 2. The number of benzene rings is 1. The Morgan fingerprint density at radius 3 is 2.63 bits per heavy atom. The molecule has 0 radical (unpaired) electrons. The molecule has 0 heterocycles. The van der Waals surface area contributed by atoms with Gasteiger partial charge >= 0.3 is 0 Å². The lowest BCUT2D eigenvalue weighted by Crippen LogP contribution is -2.53. The van der Waals surface area contributed by atoms with Gasteiger partial charge in [-0.1, -0.05) is 26.0 Å². The van der Waals surface area contributed by atoms with E-state index in [2.05, 4.69) is 5.32 Å². The van der Waals surface area contributed by atoms with Crippen molar-refractivity contribution in [3.05, 3.63) is 35.6 Å². The summed E-state index contributed by atoms with van der Waals surface area (Å²) in [7, 11) is 0. The van der Waals surface area contributed by atoms with Crippen molar-refractivity contribution in [3.8, 4) is 0 Å². The van der Waals surface area contributed by atoms with Gasteiger partial charge in [-0.2, -0.15) is 0 Å². The molecular weight excluding hydrogens is 243 g/mol. The van der Waals surface area contributed by atoms with Crippen LogP contribution in [0.15, 0.2) is 24.3 Å². The van der Waals surface area contributed by atoms with Crippen LogP contribution in [0.2, 0.25) is 0 Å². The van der Waals surface area contributed by atoms with Gasteiger partial charge in [-0.3, -0.25) is 4.79 Å². The summed E-state index contributed by atoms with van der Waals surface area (Å²) in [5, 5.41) is 3.30. The summed E-state index contributed by atoms with van der Waals surface area (Å²) in [5.41, 5.74) is 6.42. The van der Waals surface area contributed by atoms with Crippen LogP contribution in [0.3, 0.4) is 0 Å². The summed E-state index contributed by atoms with van der Waals surface area (Å²) in [6.07, 6.45) is 1.86. The molecule has 1 amide bonds. The first-order chi connectivity index (χ1) is 8.97. The van der Waals surface area contributed by atoms with Crippen LogP contribution in [-0.2, 0) is 4.79 Å². The van der Waals surface area contributed by atoms with Gasteiger partial charge in [-0.15, -0.1) is 0 Å². The van der Waals surface area contributed by atoms with E-state index in [0.717, 1.165) is 18.4 Å². The lowest BCUT2D eigenvalue weighted by atomic mass is 9.75. The summed E-state index contributed by atoms with van der Waals surface area (Å²) in [4.78, 5) is 11.3. The van der Waals surface area contributed by atoms with E-state index >= 15 is 0 Å². The smallest absolute Gasteiger partial charge is 0.234 e. The van der Waals surface area contributed by atoms with Gasteiger partial charge in [0.2, 0.25) is 5.91 Å². The Bertz CT molecular complexity index is 455. The number of nitrogens with two attached hydrogens (primary N) is 1. The second kappa shape index (κ2) is 5.70. The molecule has 0 saturated heterocycles. The van der Waals surface area contributed by atoms with E-state index in [1.165, 1.54) is 6.07 Å². The molecule has 1 aliphatic carbocycles. The SMILES string of the molecule is CC(C)C(NC1CC(c2cccc(F)c2)C1)C(N)=O. The van der Waals surface area contributed by atoms with Crippen LogP contribution in [0, 0.1) is 11.7 Å². The molecule has 4 heteroatoms. The molecule has 1 aromatic rings. The monoisotopic (exact) mass is 264 g/mol. The topological polar surface area (TPSA) is 55.1 Å². The Labute approximate surface area is 113 Å². The van der Waals surface area contributed by atoms with Gasteiger partial charge in [0, 0.05) is 6.04 Å². The van der Waals surface area contributed by atoms with Crippen molar-refractivity contribution in [1.29, 1.82) is 0 Å². The van der Waals surface area contributed by atoms with E-state index in [-0.39, 0.29) is 23.7 Å². The molecule has 1 saturated carbocycles. The lowest BCUT2D eigenvalue weighted by molar-refractivity contribution is -0.121. The van der Waals surface area contributed by atoms with E-state index in [1.807, 2.05) is 19.9 Å². The number of primary amides is 1. The van der Waals surface area contributed by atoms with Gasteiger partial charge < -0.3 is 11.1 Å². The van der Waals surface area contributed by atoms with Crippen molar-refractivity contribution in [2.75, 3.05) is 0 Å². The van der Waals surface area contributed by atoms with E-state index in [1.54, 1.807) is 12.1 Å². The number of carbonyl (C=O) groups is 1. The zero-order valence-electron chi connectivity index (χ0n) is 11.4. The van der Waals surface area contributed by atoms with E-state index in [9.17, 15) is 9.18 Å². The largest absolute Gasteiger partial charge is 0.368 e. The molecule has 3 N–H and O–H groups in total. The maximum absolute atomic E-state index is 13.1. The number of halogens is 1. The Kier molecular flexibility index (Phi) is 4.20. The first-order valence-corrected chi connectivity index (χ1v) is 6.78. The summed E-state index contributed by atoms with van der Waals surface area (Å²) < 4.78 is 13.1. The normalized spacial score (nSPS) is 24.0. The fraction of sp³-hybridized carbons (Fsp3) is 0.533. The second-order valence-electron chi connectivity index (χ2n) is 5.71.